The van der Waals surface area contributed by atoms with E-state index in [2.05, 4.69) is 47.0 Å². The van der Waals surface area contributed by atoms with Gasteiger partial charge < -0.3 is 5.11 Å². The Morgan fingerprint density at radius 3 is 2.30 bits per heavy atom. The molecule has 0 bridgehead atoms. The van der Waals surface area contributed by atoms with E-state index in [1.165, 1.54) is 0 Å². The van der Waals surface area contributed by atoms with Crippen molar-refractivity contribution in [1.82, 2.24) is 0 Å². The minimum Gasteiger partial charge on any atom is -0.380 e. The van der Waals surface area contributed by atoms with Gasteiger partial charge in [0.25, 0.3) is 0 Å². The topological polar surface area (TPSA) is 20.2 Å². The lowest BCUT2D eigenvalue weighted by Crippen LogP contribution is -2.18. The Morgan fingerprint density at radius 1 is 1.50 bits per heavy atom. The zero-order valence-corrected chi connectivity index (χ0v) is 9.20. The summed E-state index contributed by atoms with van der Waals surface area (Å²) in [7, 11) is -1.28. The fraction of sp³-hybridized carbons (Fsp3) is 0.714. The van der Waals surface area contributed by atoms with E-state index >= 15 is 0 Å². The molecule has 0 rings (SSSR count). The maximum Gasteiger partial charge on any atom is 0.129 e. The molecule has 3 heteroatoms. The number of rotatable bonds is 1. The van der Waals surface area contributed by atoms with Gasteiger partial charge in [0.05, 0.1) is 0 Å². The number of hydrogen-bond acceptors (Lipinski definition) is 1. The molecule has 0 spiro atoms. The van der Waals surface area contributed by atoms with Crippen molar-refractivity contribution in [3.8, 4) is 11.5 Å². The first kappa shape index (κ1) is 10.2. The van der Waals surface area contributed by atoms with E-state index in [4.69, 9.17) is 5.11 Å². The Hall–Kier alpha value is 0.217. The Bertz CT molecular complexity index is 151. The second-order valence-electron chi connectivity index (χ2n) is 3.19. The van der Waals surface area contributed by atoms with Gasteiger partial charge in [0.15, 0.2) is 0 Å². The van der Waals surface area contributed by atoms with E-state index < -0.39 is 14.2 Å². The summed E-state index contributed by atoms with van der Waals surface area (Å²) in [5, 5.41) is 9.57. The molecule has 1 atom stereocenters. The summed E-state index contributed by atoms with van der Waals surface area (Å²) in [5.41, 5.74) is 3.08. The molecule has 10 heavy (non-hydrogen) atoms. The van der Waals surface area contributed by atoms with Crippen molar-refractivity contribution in [1.29, 1.82) is 0 Å². The highest BCUT2D eigenvalue weighted by Crippen LogP contribution is 1.97. The fourth-order valence-corrected chi connectivity index (χ4v) is 1.10. The summed E-state index contributed by atoms with van der Waals surface area (Å²) < 4.78 is 0. The number of halogens is 1. The lowest BCUT2D eigenvalue weighted by Gasteiger charge is -2.04. The highest BCUT2D eigenvalue weighted by atomic mass is 79.9. The molecular formula is C7H13BrOSi. The lowest BCUT2D eigenvalue weighted by atomic mass is 10.4. The molecule has 0 aliphatic carbocycles. The third-order valence-electron chi connectivity index (χ3n) is 0.760. The molecular weight excluding hydrogens is 208 g/mol. The van der Waals surface area contributed by atoms with Crippen molar-refractivity contribution in [3.05, 3.63) is 0 Å². The molecule has 1 N–H and O–H groups in total. The third-order valence-corrected chi connectivity index (χ3v) is 2.27. The van der Waals surface area contributed by atoms with Crippen molar-refractivity contribution in [3.63, 3.8) is 0 Å². The molecule has 0 aromatic carbocycles. The summed E-state index contributed by atoms with van der Waals surface area (Å²) in [5.74, 6) is 2.79. The molecule has 1 nitrogen and oxygen atoms in total. The largest absolute Gasteiger partial charge is 0.380 e. The normalized spacial score (nSPS) is 13.7. The van der Waals surface area contributed by atoms with Crippen LogP contribution in [0.25, 0.3) is 0 Å². The van der Waals surface area contributed by atoms with Crippen molar-refractivity contribution in [2.45, 2.75) is 25.7 Å². The monoisotopic (exact) mass is 220 g/mol. The van der Waals surface area contributed by atoms with Crippen molar-refractivity contribution in [2.75, 3.05) is 5.33 Å². The van der Waals surface area contributed by atoms with Crippen LogP contribution in [0.4, 0.5) is 0 Å². The van der Waals surface area contributed by atoms with Crippen LogP contribution in [-0.2, 0) is 0 Å². The molecule has 0 fully saturated rings. The van der Waals surface area contributed by atoms with Crippen LogP contribution in [-0.4, -0.2) is 24.6 Å². The first-order chi connectivity index (χ1) is 4.45. The van der Waals surface area contributed by atoms with Crippen molar-refractivity contribution >= 4 is 24.0 Å². The predicted octanol–water partition coefficient (Wildman–Crippen LogP) is 1.62. The first-order valence-electron chi connectivity index (χ1n) is 3.22. The molecule has 0 aromatic rings. The summed E-state index contributed by atoms with van der Waals surface area (Å²) in [6, 6.07) is 0. The molecule has 0 aromatic heterocycles. The standard InChI is InChI=1S/C7H13BrOSi/c1-10(2,3)5-4-7(9)6-8/h7,9H,6H2,1-3H3. The highest BCUT2D eigenvalue weighted by Gasteiger charge is 2.07. The average Bonchev–Trinajstić information content (AvgIpc) is 1.81. The molecule has 0 amide bonds. The Balaban J connectivity index is 3.91. The smallest absolute Gasteiger partial charge is 0.129 e. The minimum absolute atomic E-state index is 0.494. The molecule has 58 valence electrons. The second-order valence-corrected chi connectivity index (χ2v) is 8.59. The van der Waals surface area contributed by atoms with Crippen molar-refractivity contribution in [2.24, 2.45) is 0 Å². The molecule has 0 radical (unpaired) electrons. The van der Waals surface area contributed by atoms with Gasteiger partial charge in [0.1, 0.15) is 14.2 Å². The summed E-state index contributed by atoms with van der Waals surface area (Å²) in [6.45, 7) is 6.46. The summed E-state index contributed by atoms with van der Waals surface area (Å²) >= 11 is 3.15. The molecule has 0 saturated heterocycles. The van der Waals surface area contributed by atoms with E-state index in [0.29, 0.717) is 5.33 Å². The zero-order valence-electron chi connectivity index (χ0n) is 6.61. The zero-order chi connectivity index (χ0) is 8.20. The van der Waals surface area contributed by atoms with Crippen LogP contribution in [0, 0.1) is 11.5 Å². The van der Waals surface area contributed by atoms with Gasteiger partial charge in [-0.3, -0.25) is 0 Å². The molecule has 1 unspecified atom stereocenters. The molecule has 0 heterocycles. The van der Waals surface area contributed by atoms with Crippen molar-refractivity contribution < 1.29 is 5.11 Å². The summed E-state index contributed by atoms with van der Waals surface area (Å²) in [4.78, 5) is 0. The van der Waals surface area contributed by atoms with E-state index in [1.54, 1.807) is 0 Å². The second kappa shape index (κ2) is 4.17. The van der Waals surface area contributed by atoms with Gasteiger partial charge in [0.2, 0.25) is 0 Å². The van der Waals surface area contributed by atoms with Gasteiger partial charge in [0, 0.05) is 5.33 Å². The van der Waals surface area contributed by atoms with Gasteiger partial charge in [-0.15, -0.1) is 5.54 Å². The van der Waals surface area contributed by atoms with Crippen LogP contribution in [0.15, 0.2) is 0 Å². The van der Waals surface area contributed by atoms with Crippen LogP contribution < -0.4 is 0 Å². The minimum atomic E-state index is -1.28. The van der Waals surface area contributed by atoms with Gasteiger partial charge >= 0.3 is 0 Å². The quantitative estimate of drug-likeness (QED) is 0.405. The fourth-order valence-electron chi connectivity index (χ4n) is 0.338. The van der Waals surface area contributed by atoms with Gasteiger partial charge in [-0.1, -0.05) is 41.5 Å². The van der Waals surface area contributed by atoms with Crippen LogP contribution in [0.1, 0.15) is 0 Å². The predicted molar refractivity (Wildman–Crippen MR) is 50.9 cm³/mol. The lowest BCUT2D eigenvalue weighted by molar-refractivity contribution is 0.259. The SMILES string of the molecule is C[Si](C)(C)C#CC(O)CBr. The number of aliphatic hydroxyl groups excluding tert-OH is 1. The molecule has 0 saturated carbocycles. The van der Waals surface area contributed by atoms with Crippen LogP contribution in [0.3, 0.4) is 0 Å². The van der Waals surface area contributed by atoms with Crippen LogP contribution in [0.2, 0.25) is 19.6 Å². The summed E-state index contributed by atoms with van der Waals surface area (Å²) in [6.07, 6.45) is -0.494. The average molecular weight is 221 g/mol. The first-order valence-corrected chi connectivity index (χ1v) is 7.84. The van der Waals surface area contributed by atoms with Gasteiger partial charge in [-0.2, -0.15) is 0 Å². The van der Waals surface area contributed by atoms with Gasteiger partial charge in [-0.25, -0.2) is 0 Å². The number of hydrogen-bond donors (Lipinski definition) is 1. The Morgan fingerprint density at radius 2 is 2.00 bits per heavy atom. The van der Waals surface area contributed by atoms with Crippen LogP contribution in [0.5, 0.6) is 0 Å². The van der Waals surface area contributed by atoms with E-state index in [-0.39, 0.29) is 0 Å². The maximum absolute atomic E-state index is 9.02. The maximum atomic E-state index is 9.02. The number of alkyl halides is 1. The molecule has 0 aliphatic heterocycles. The van der Waals surface area contributed by atoms with E-state index in [0.717, 1.165) is 0 Å². The van der Waals surface area contributed by atoms with E-state index in [9.17, 15) is 0 Å². The van der Waals surface area contributed by atoms with Crippen LogP contribution >= 0.6 is 15.9 Å². The molecule has 0 aliphatic rings. The van der Waals surface area contributed by atoms with E-state index in [1.807, 2.05) is 0 Å². The number of aliphatic hydroxyl groups is 1. The third kappa shape index (κ3) is 6.34. The Kier molecular flexibility index (Phi) is 4.26. The van der Waals surface area contributed by atoms with Gasteiger partial charge in [-0.05, 0) is 0 Å². The Labute approximate surface area is 72.0 Å². The highest BCUT2D eigenvalue weighted by molar-refractivity contribution is 9.09.